The van der Waals surface area contributed by atoms with Crippen molar-refractivity contribution < 1.29 is 19.1 Å². The summed E-state index contributed by atoms with van der Waals surface area (Å²) in [7, 11) is 3.30. The van der Waals surface area contributed by atoms with Gasteiger partial charge < -0.3 is 19.3 Å². The summed E-state index contributed by atoms with van der Waals surface area (Å²) in [5.74, 6) is 0.437. The Morgan fingerprint density at radius 1 is 0.935 bits per heavy atom. The highest BCUT2D eigenvalue weighted by molar-refractivity contribution is 7.11. The molecular weight excluding hydrogens is 414 g/mol. The van der Waals surface area contributed by atoms with Crippen LogP contribution >= 0.6 is 11.3 Å². The molecule has 1 saturated heterocycles. The molecule has 164 valence electrons. The number of ether oxygens (including phenoxy) is 2. The van der Waals surface area contributed by atoms with Gasteiger partial charge in [-0.25, -0.2) is 0 Å². The van der Waals surface area contributed by atoms with Gasteiger partial charge in [-0.15, -0.1) is 11.3 Å². The van der Waals surface area contributed by atoms with E-state index in [0.29, 0.717) is 43.9 Å². The van der Waals surface area contributed by atoms with E-state index in [1.807, 2.05) is 41.8 Å². The fourth-order valence-electron chi connectivity index (χ4n) is 4.13. The number of imide groups is 1. The van der Waals surface area contributed by atoms with Crippen molar-refractivity contribution in [1.29, 1.82) is 0 Å². The molecule has 2 aliphatic rings. The first-order chi connectivity index (χ1) is 15.2. The summed E-state index contributed by atoms with van der Waals surface area (Å²) in [6.07, 6.45) is 0.626. The number of hydrogen-bond acceptors (Lipinski definition) is 7. The van der Waals surface area contributed by atoms with E-state index in [1.165, 1.54) is 16.2 Å². The van der Waals surface area contributed by atoms with E-state index < -0.39 is 0 Å². The van der Waals surface area contributed by atoms with Crippen LogP contribution in [0, 0.1) is 0 Å². The number of piperazine rings is 1. The maximum absolute atomic E-state index is 13.3. The van der Waals surface area contributed by atoms with Crippen molar-refractivity contribution in [2.24, 2.45) is 0 Å². The molecule has 2 aromatic rings. The lowest BCUT2D eigenvalue weighted by Gasteiger charge is -2.38. The average Bonchev–Trinajstić information content (AvgIpc) is 3.41. The predicted molar refractivity (Wildman–Crippen MR) is 121 cm³/mol. The van der Waals surface area contributed by atoms with Gasteiger partial charge in [-0.05, 0) is 30.0 Å². The van der Waals surface area contributed by atoms with Crippen LogP contribution in [0.5, 0.6) is 5.75 Å². The lowest BCUT2D eigenvalue weighted by Crippen LogP contribution is -2.47. The lowest BCUT2D eigenvalue weighted by molar-refractivity contribution is -0.137. The first-order valence-corrected chi connectivity index (χ1v) is 11.3. The molecule has 0 atom stereocenters. The number of carbonyl (C=O) groups is 2. The van der Waals surface area contributed by atoms with Crippen molar-refractivity contribution >= 4 is 34.4 Å². The summed E-state index contributed by atoms with van der Waals surface area (Å²) in [4.78, 5) is 33.0. The molecular formula is C23H27N3O4S. The lowest BCUT2D eigenvalue weighted by atomic mass is 10.1. The van der Waals surface area contributed by atoms with Gasteiger partial charge in [-0.1, -0.05) is 18.2 Å². The maximum Gasteiger partial charge on any atom is 0.277 e. The first kappa shape index (κ1) is 21.4. The van der Waals surface area contributed by atoms with Crippen molar-refractivity contribution in [2.45, 2.75) is 6.42 Å². The molecule has 31 heavy (non-hydrogen) atoms. The average molecular weight is 442 g/mol. The van der Waals surface area contributed by atoms with Crippen molar-refractivity contribution in [3.8, 4) is 5.75 Å². The Kier molecular flexibility index (Phi) is 6.58. The van der Waals surface area contributed by atoms with Crippen molar-refractivity contribution in [1.82, 2.24) is 9.80 Å². The summed E-state index contributed by atoms with van der Waals surface area (Å²) in [6, 6.07) is 11.8. The Bertz CT molecular complexity index is 965. The predicted octanol–water partition coefficient (Wildman–Crippen LogP) is 2.70. The number of thiophene rings is 1. The summed E-state index contributed by atoms with van der Waals surface area (Å²) in [5.41, 5.74) is 2.11. The van der Waals surface area contributed by atoms with Crippen molar-refractivity contribution in [3.05, 3.63) is 52.4 Å². The monoisotopic (exact) mass is 441 g/mol. The second-order valence-electron chi connectivity index (χ2n) is 7.46. The molecule has 0 aliphatic carbocycles. The van der Waals surface area contributed by atoms with E-state index in [0.717, 1.165) is 29.4 Å². The third-order valence-corrected chi connectivity index (χ3v) is 6.55. The SMILES string of the molecule is COCCCN1C(=O)C(c2cccs2)=C(N2CCN(c3ccccc3OC)CC2)C1=O. The Morgan fingerprint density at radius 2 is 1.68 bits per heavy atom. The van der Waals surface area contributed by atoms with Gasteiger partial charge in [0.25, 0.3) is 11.8 Å². The van der Waals surface area contributed by atoms with Gasteiger partial charge in [0.1, 0.15) is 11.4 Å². The van der Waals surface area contributed by atoms with E-state index in [2.05, 4.69) is 9.80 Å². The number of anilines is 1. The van der Waals surface area contributed by atoms with Crippen LogP contribution in [0.25, 0.3) is 5.57 Å². The standard InChI is InChI=1S/C23H27N3O4S/c1-29-15-6-10-26-22(27)20(19-9-5-16-31-19)21(23(26)28)25-13-11-24(12-14-25)17-7-3-4-8-18(17)30-2/h3-5,7-9,16H,6,10-15H2,1-2H3. The van der Waals surface area contributed by atoms with Crippen molar-refractivity contribution in [3.63, 3.8) is 0 Å². The Hall–Kier alpha value is -2.84. The van der Waals surface area contributed by atoms with Crippen LogP contribution in [-0.4, -0.2) is 75.2 Å². The van der Waals surface area contributed by atoms with E-state index in [-0.39, 0.29) is 11.8 Å². The van der Waals surface area contributed by atoms with Crippen LogP contribution in [0.2, 0.25) is 0 Å². The number of nitrogens with zero attached hydrogens (tertiary/aromatic N) is 3. The molecule has 0 bridgehead atoms. The molecule has 0 spiro atoms. The summed E-state index contributed by atoms with van der Waals surface area (Å²) in [6.45, 7) is 3.68. The summed E-state index contributed by atoms with van der Waals surface area (Å²) >= 11 is 1.49. The maximum atomic E-state index is 13.3. The fourth-order valence-corrected chi connectivity index (χ4v) is 4.89. The summed E-state index contributed by atoms with van der Waals surface area (Å²) < 4.78 is 10.6. The van der Waals surface area contributed by atoms with E-state index in [1.54, 1.807) is 14.2 Å². The molecule has 2 amide bonds. The van der Waals surface area contributed by atoms with Gasteiger partial charge in [0.05, 0.1) is 18.4 Å². The number of amides is 2. The van der Waals surface area contributed by atoms with Gasteiger partial charge >= 0.3 is 0 Å². The zero-order chi connectivity index (χ0) is 21.8. The van der Waals surface area contributed by atoms with Crippen LogP contribution < -0.4 is 9.64 Å². The minimum Gasteiger partial charge on any atom is -0.495 e. The molecule has 4 rings (SSSR count). The molecule has 1 aromatic carbocycles. The van der Waals surface area contributed by atoms with Crippen LogP contribution in [0.1, 0.15) is 11.3 Å². The zero-order valence-corrected chi connectivity index (χ0v) is 18.7. The van der Waals surface area contributed by atoms with Crippen LogP contribution in [-0.2, 0) is 14.3 Å². The van der Waals surface area contributed by atoms with Gasteiger partial charge in [-0.2, -0.15) is 0 Å². The second kappa shape index (κ2) is 9.53. The van der Waals surface area contributed by atoms with Gasteiger partial charge in [-0.3, -0.25) is 14.5 Å². The minimum atomic E-state index is -0.203. The first-order valence-electron chi connectivity index (χ1n) is 10.4. The topological polar surface area (TPSA) is 62.3 Å². The molecule has 2 aliphatic heterocycles. The molecule has 7 nitrogen and oxygen atoms in total. The highest BCUT2D eigenvalue weighted by Crippen LogP contribution is 2.35. The molecule has 3 heterocycles. The molecule has 0 saturated carbocycles. The fraction of sp³-hybridized carbons (Fsp3) is 0.391. The minimum absolute atomic E-state index is 0.199. The zero-order valence-electron chi connectivity index (χ0n) is 17.9. The second-order valence-corrected chi connectivity index (χ2v) is 8.40. The number of para-hydroxylation sites is 2. The smallest absolute Gasteiger partial charge is 0.277 e. The Labute approximate surface area is 186 Å². The number of hydrogen-bond donors (Lipinski definition) is 0. The van der Waals surface area contributed by atoms with Crippen LogP contribution in [0.4, 0.5) is 5.69 Å². The van der Waals surface area contributed by atoms with Crippen LogP contribution in [0.15, 0.2) is 47.5 Å². The highest BCUT2D eigenvalue weighted by Gasteiger charge is 2.42. The molecule has 0 radical (unpaired) electrons. The largest absolute Gasteiger partial charge is 0.495 e. The van der Waals surface area contributed by atoms with Gasteiger partial charge in [0.15, 0.2) is 0 Å². The van der Waals surface area contributed by atoms with E-state index >= 15 is 0 Å². The molecule has 8 heteroatoms. The Balaban J connectivity index is 1.56. The van der Waals surface area contributed by atoms with E-state index in [9.17, 15) is 9.59 Å². The van der Waals surface area contributed by atoms with Gasteiger partial charge in [0.2, 0.25) is 0 Å². The summed E-state index contributed by atoms with van der Waals surface area (Å²) in [5, 5.41) is 1.94. The number of methoxy groups -OCH3 is 2. The Morgan fingerprint density at radius 3 is 2.35 bits per heavy atom. The number of rotatable bonds is 8. The quantitative estimate of drug-likeness (QED) is 0.464. The normalized spacial score (nSPS) is 17.2. The third-order valence-electron chi connectivity index (χ3n) is 5.66. The number of carbonyl (C=O) groups excluding carboxylic acids is 2. The molecule has 0 N–H and O–H groups in total. The van der Waals surface area contributed by atoms with E-state index in [4.69, 9.17) is 9.47 Å². The molecule has 1 aromatic heterocycles. The number of benzene rings is 1. The molecule has 1 fully saturated rings. The van der Waals surface area contributed by atoms with Gasteiger partial charge in [0, 0.05) is 51.3 Å². The molecule has 0 unspecified atom stereocenters. The van der Waals surface area contributed by atoms with Crippen LogP contribution in [0.3, 0.4) is 0 Å². The highest BCUT2D eigenvalue weighted by atomic mass is 32.1. The van der Waals surface area contributed by atoms with Crippen molar-refractivity contribution in [2.75, 3.05) is 58.5 Å². The third kappa shape index (κ3) is 4.18.